The Balaban J connectivity index is 1.37. The fourth-order valence-electron chi connectivity index (χ4n) is 5.31. The molecule has 0 aromatic heterocycles. The SMILES string of the molecule is CC1(C)c2ccccc2N(c2ccc(S(=O)(=O)c3ccc(-c4ccccc4)cc3)cc2)c2ccccc21. The van der Waals surface area contributed by atoms with E-state index in [1.54, 1.807) is 24.3 Å². The van der Waals surface area contributed by atoms with Crippen LogP contribution in [0.25, 0.3) is 11.1 Å². The number of rotatable bonds is 4. The van der Waals surface area contributed by atoms with E-state index in [0.29, 0.717) is 0 Å². The van der Waals surface area contributed by atoms with Crippen LogP contribution in [0, 0.1) is 0 Å². The Bertz CT molecular complexity index is 1640. The summed E-state index contributed by atoms with van der Waals surface area (Å²) in [6, 6.07) is 41.1. The maximum atomic E-state index is 13.4. The lowest BCUT2D eigenvalue weighted by atomic mass is 9.73. The molecule has 37 heavy (non-hydrogen) atoms. The van der Waals surface area contributed by atoms with Crippen molar-refractivity contribution in [2.75, 3.05) is 4.90 Å². The lowest BCUT2D eigenvalue weighted by Crippen LogP contribution is -2.30. The molecular formula is C33H27NO2S. The molecule has 3 nitrogen and oxygen atoms in total. The van der Waals surface area contributed by atoms with Crippen LogP contribution in [0.5, 0.6) is 0 Å². The zero-order valence-electron chi connectivity index (χ0n) is 20.8. The first kappa shape index (κ1) is 23.3. The number of para-hydroxylation sites is 2. The number of benzene rings is 5. The zero-order valence-corrected chi connectivity index (χ0v) is 21.6. The third-order valence-corrected chi connectivity index (χ3v) is 9.10. The van der Waals surface area contributed by atoms with Gasteiger partial charge in [-0.2, -0.15) is 0 Å². The second kappa shape index (κ2) is 8.75. The maximum absolute atomic E-state index is 13.4. The summed E-state index contributed by atoms with van der Waals surface area (Å²) in [6.07, 6.45) is 0. The Morgan fingerprint density at radius 2 is 0.946 bits per heavy atom. The molecule has 0 amide bonds. The van der Waals surface area contributed by atoms with Gasteiger partial charge in [0.15, 0.2) is 0 Å². The molecule has 0 N–H and O–H groups in total. The molecule has 0 saturated carbocycles. The molecular weight excluding hydrogens is 474 g/mol. The molecule has 5 aromatic rings. The van der Waals surface area contributed by atoms with Crippen LogP contribution >= 0.6 is 0 Å². The minimum atomic E-state index is -3.64. The van der Waals surface area contributed by atoms with Gasteiger partial charge >= 0.3 is 0 Å². The molecule has 0 bridgehead atoms. The molecule has 182 valence electrons. The number of hydrogen-bond donors (Lipinski definition) is 0. The first-order valence-corrected chi connectivity index (χ1v) is 13.9. The summed E-state index contributed by atoms with van der Waals surface area (Å²) in [7, 11) is -3.64. The Morgan fingerprint density at radius 1 is 0.514 bits per heavy atom. The van der Waals surface area contributed by atoms with Crippen molar-refractivity contribution in [3.05, 3.63) is 139 Å². The molecule has 1 heterocycles. The molecule has 0 saturated heterocycles. The predicted molar refractivity (Wildman–Crippen MR) is 151 cm³/mol. The van der Waals surface area contributed by atoms with E-state index in [1.165, 1.54) is 11.1 Å². The van der Waals surface area contributed by atoms with Crippen molar-refractivity contribution in [1.82, 2.24) is 0 Å². The highest BCUT2D eigenvalue weighted by Crippen LogP contribution is 2.51. The average Bonchev–Trinajstić information content (AvgIpc) is 2.94. The molecule has 5 aromatic carbocycles. The van der Waals surface area contributed by atoms with Gasteiger partial charge in [-0.15, -0.1) is 0 Å². The van der Waals surface area contributed by atoms with Crippen molar-refractivity contribution in [3.8, 4) is 11.1 Å². The van der Waals surface area contributed by atoms with Gasteiger partial charge in [0.25, 0.3) is 0 Å². The molecule has 0 unspecified atom stereocenters. The Labute approximate surface area is 218 Å². The molecule has 1 aliphatic heterocycles. The van der Waals surface area contributed by atoms with Crippen LogP contribution in [0.1, 0.15) is 25.0 Å². The van der Waals surface area contributed by atoms with Gasteiger partial charge in [-0.1, -0.05) is 92.7 Å². The number of sulfone groups is 1. The van der Waals surface area contributed by atoms with E-state index in [0.717, 1.165) is 28.2 Å². The minimum Gasteiger partial charge on any atom is -0.310 e. The fourth-order valence-corrected chi connectivity index (χ4v) is 6.58. The molecule has 0 spiro atoms. The highest BCUT2D eigenvalue weighted by molar-refractivity contribution is 7.91. The quantitative estimate of drug-likeness (QED) is 0.249. The molecule has 0 aliphatic carbocycles. The van der Waals surface area contributed by atoms with Gasteiger partial charge in [0.05, 0.1) is 21.2 Å². The largest absolute Gasteiger partial charge is 0.310 e. The van der Waals surface area contributed by atoms with E-state index in [9.17, 15) is 8.42 Å². The van der Waals surface area contributed by atoms with E-state index in [1.807, 2.05) is 66.7 Å². The van der Waals surface area contributed by atoms with Crippen molar-refractivity contribution < 1.29 is 8.42 Å². The highest BCUT2D eigenvalue weighted by Gasteiger charge is 2.36. The second-order valence-corrected chi connectivity index (χ2v) is 11.8. The number of anilines is 3. The van der Waals surface area contributed by atoms with Gasteiger partial charge in [-0.05, 0) is 70.8 Å². The number of fused-ring (bicyclic) bond motifs is 2. The monoisotopic (exact) mass is 501 g/mol. The van der Waals surface area contributed by atoms with E-state index >= 15 is 0 Å². The van der Waals surface area contributed by atoms with Crippen LogP contribution < -0.4 is 4.90 Å². The van der Waals surface area contributed by atoms with Gasteiger partial charge in [0, 0.05) is 11.1 Å². The molecule has 6 rings (SSSR count). The maximum Gasteiger partial charge on any atom is 0.206 e. The van der Waals surface area contributed by atoms with Crippen LogP contribution in [0.15, 0.2) is 137 Å². The number of hydrogen-bond acceptors (Lipinski definition) is 3. The predicted octanol–water partition coefficient (Wildman–Crippen LogP) is 8.30. The molecule has 0 radical (unpaired) electrons. The van der Waals surface area contributed by atoms with Crippen LogP contribution in [-0.2, 0) is 15.3 Å². The van der Waals surface area contributed by atoms with Crippen molar-refractivity contribution in [2.45, 2.75) is 29.1 Å². The lowest BCUT2D eigenvalue weighted by molar-refractivity contribution is 0.596. The lowest BCUT2D eigenvalue weighted by Gasteiger charge is -2.42. The summed E-state index contributed by atoms with van der Waals surface area (Å²) in [4.78, 5) is 2.79. The average molecular weight is 502 g/mol. The Morgan fingerprint density at radius 3 is 1.49 bits per heavy atom. The van der Waals surface area contributed by atoms with E-state index < -0.39 is 9.84 Å². The standard InChI is InChI=1S/C33H27NO2S/c1-33(2)29-12-6-8-14-31(29)34(32-15-9-7-13-30(32)33)26-18-22-28(23-19-26)37(35,36)27-20-16-25(17-21-27)24-10-4-3-5-11-24/h3-23H,1-2H3. The third kappa shape index (κ3) is 3.85. The fraction of sp³-hybridized carbons (Fsp3) is 0.0909. The van der Waals surface area contributed by atoms with Gasteiger partial charge < -0.3 is 4.90 Å². The summed E-state index contributed by atoms with van der Waals surface area (Å²) in [6.45, 7) is 4.50. The molecule has 1 aliphatic rings. The van der Waals surface area contributed by atoms with Crippen LogP contribution in [-0.4, -0.2) is 8.42 Å². The topological polar surface area (TPSA) is 37.4 Å². The Hall–Kier alpha value is -4.15. The third-order valence-electron chi connectivity index (χ3n) is 7.31. The minimum absolute atomic E-state index is 0.140. The molecule has 0 atom stereocenters. The van der Waals surface area contributed by atoms with Crippen molar-refractivity contribution in [2.24, 2.45) is 0 Å². The van der Waals surface area contributed by atoms with E-state index in [4.69, 9.17) is 0 Å². The number of nitrogens with zero attached hydrogens (tertiary/aromatic N) is 1. The van der Waals surface area contributed by atoms with E-state index in [-0.39, 0.29) is 15.2 Å². The highest BCUT2D eigenvalue weighted by atomic mass is 32.2. The molecule has 4 heteroatoms. The Kier molecular flexibility index (Phi) is 5.50. The van der Waals surface area contributed by atoms with Gasteiger partial charge in [0.2, 0.25) is 9.84 Å². The van der Waals surface area contributed by atoms with Gasteiger partial charge in [-0.3, -0.25) is 0 Å². The molecule has 0 fully saturated rings. The van der Waals surface area contributed by atoms with Crippen molar-refractivity contribution >= 4 is 26.9 Å². The van der Waals surface area contributed by atoms with Crippen LogP contribution in [0.2, 0.25) is 0 Å². The first-order chi connectivity index (χ1) is 17.9. The summed E-state index contributed by atoms with van der Waals surface area (Å²) >= 11 is 0. The van der Waals surface area contributed by atoms with Crippen LogP contribution in [0.4, 0.5) is 17.1 Å². The van der Waals surface area contributed by atoms with Gasteiger partial charge in [0.1, 0.15) is 0 Å². The normalized spacial score (nSPS) is 14.1. The summed E-state index contributed by atoms with van der Waals surface area (Å²) in [5, 5.41) is 0. The van der Waals surface area contributed by atoms with Crippen LogP contribution in [0.3, 0.4) is 0 Å². The van der Waals surface area contributed by atoms with Crippen molar-refractivity contribution in [3.63, 3.8) is 0 Å². The van der Waals surface area contributed by atoms with E-state index in [2.05, 4.69) is 55.1 Å². The smallest absolute Gasteiger partial charge is 0.206 e. The zero-order chi connectivity index (χ0) is 25.6. The summed E-state index contributed by atoms with van der Waals surface area (Å²) < 4.78 is 26.9. The van der Waals surface area contributed by atoms with Gasteiger partial charge in [-0.25, -0.2) is 8.42 Å². The first-order valence-electron chi connectivity index (χ1n) is 12.4. The summed E-state index contributed by atoms with van der Waals surface area (Å²) in [5.41, 5.74) is 7.53. The van der Waals surface area contributed by atoms with Crippen molar-refractivity contribution in [1.29, 1.82) is 0 Å². The summed E-state index contributed by atoms with van der Waals surface area (Å²) in [5.74, 6) is 0. The second-order valence-electron chi connectivity index (χ2n) is 9.88.